The largest absolute Gasteiger partial charge is 0.481 e. The van der Waals surface area contributed by atoms with Gasteiger partial charge in [0.2, 0.25) is 0 Å². The molecule has 0 radical (unpaired) electrons. The van der Waals surface area contributed by atoms with Crippen molar-refractivity contribution < 1.29 is 29.0 Å². The van der Waals surface area contributed by atoms with Gasteiger partial charge in [-0.15, -0.1) is 0 Å². The standard InChI is InChI=1S/C13H22N2O6/c1-8(2)9(11(16)17)6-14-13(19)15-4-5-21-10(7-15)12(18)20-3/h8-10H,4-7H2,1-3H3,(H,14,19)(H,16,17). The van der Waals surface area contributed by atoms with Crippen LogP contribution < -0.4 is 5.32 Å². The summed E-state index contributed by atoms with van der Waals surface area (Å²) >= 11 is 0. The number of carbonyl (C=O) groups excluding carboxylic acids is 2. The van der Waals surface area contributed by atoms with E-state index in [1.165, 1.54) is 12.0 Å². The molecule has 21 heavy (non-hydrogen) atoms. The number of amides is 2. The normalized spacial score (nSPS) is 20.0. The SMILES string of the molecule is COC(=O)C1CN(C(=O)NCC(C(=O)O)C(C)C)CCO1. The number of aliphatic carboxylic acids is 1. The summed E-state index contributed by atoms with van der Waals surface area (Å²) in [6.07, 6.45) is -0.796. The lowest BCUT2D eigenvalue weighted by Crippen LogP contribution is -2.53. The fourth-order valence-corrected chi connectivity index (χ4v) is 2.03. The molecule has 0 aromatic heterocycles. The Labute approximate surface area is 123 Å². The molecule has 2 unspecified atom stereocenters. The van der Waals surface area contributed by atoms with Crippen LogP contribution in [0.15, 0.2) is 0 Å². The Morgan fingerprint density at radius 1 is 1.43 bits per heavy atom. The second-order valence-corrected chi connectivity index (χ2v) is 5.20. The number of nitrogens with zero attached hydrogens (tertiary/aromatic N) is 1. The van der Waals surface area contributed by atoms with E-state index in [0.29, 0.717) is 6.54 Å². The number of hydrogen-bond donors (Lipinski definition) is 2. The zero-order valence-corrected chi connectivity index (χ0v) is 12.5. The van der Waals surface area contributed by atoms with Gasteiger partial charge in [0.1, 0.15) is 0 Å². The van der Waals surface area contributed by atoms with Crippen LogP contribution in [0.1, 0.15) is 13.8 Å². The van der Waals surface area contributed by atoms with E-state index in [9.17, 15) is 14.4 Å². The maximum Gasteiger partial charge on any atom is 0.336 e. The maximum absolute atomic E-state index is 12.0. The highest BCUT2D eigenvalue weighted by Crippen LogP contribution is 2.11. The smallest absolute Gasteiger partial charge is 0.336 e. The van der Waals surface area contributed by atoms with Gasteiger partial charge in [-0.1, -0.05) is 13.8 Å². The molecule has 1 heterocycles. The first-order valence-electron chi connectivity index (χ1n) is 6.81. The number of ether oxygens (including phenoxy) is 2. The van der Waals surface area contributed by atoms with Crippen molar-refractivity contribution in [2.75, 3.05) is 33.4 Å². The zero-order chi connectivity index (χ0) is 16.0. The number of carboxylic acids is 1. The third-order valence-corrected chi connectivity index (χ3v) is 3.41. The fraction of sp³-hybridized carbons (Fsp3) is 0.769. The summed E-state index contributed by atoms with van der Waals surface area (Å²) in [5.74, 6) is -2.21. The molecule has 0 aliphatic carbocycles. The van der Waals surface area contributed by atoms with Gasteiger partial charge in [-0.3, -0.25) is 4.79 Å². The van der Waals surface area contributed by atoms with Crippen LogP contribution in [0.3, 0.4) is 0 Å². The number of hydrogen-bond acceptors (Lipinski definition) is 5. The van der Waals surface area contributed by atoms with Crippen molar-refractivity contribution in [3.63, 3.8) is 0 Å². The predicted octanol–water partition coefficient (Wildman–Crippen LogP) is -0.0734. The quantitative estimate of drug-likeness (QED) is 0.689. The van der Waals surface area contributed by atoms with Crippen molar-refractivity contribution in [3.05, 3.63) is 0 Å². The molecule has 1 rings (SSSR count). The van der Waals surface area contributed by atoms with E-state index in [0.717, 1.165) is 0 Å². The van der Waals surface area contributed by atoms with Crippen LogP contribution in [0.2, 0.25) is 0 Å². The molecule has 2 amide bonds. The maximum atomic E-state index is 12.0. The first-order chi connectivity index (χ1) is 9.86. The van der Waals surface area contributed by atoms with Crippen molar-refractivity contribution >= 4 is 18.0 Å². The molecule has 8 nitrogen and oxygen atoms in total. The zero-order valence-electron chi connectivity index (χ0n) is 12.5. The second-order valence-electron chi connectivity index (χ2n) is 5.20. The molecule has 0 spiro atoms. The summed E-state index contributed by atoms with van der Waals surface area (Å²) in [5.41, 5.74) is 0. The average molecular weight is 302 g/mol. The highest BCUT2D eigenvalue weighted by molar-refractivity contribution is 5.79. The first kappa shape index (κ1) is 17.2. The third-order valence-electron chi connectivity index (χ3n) is 3.41. The van der Waals surface area contributed by atoms with Gasteiger partial charge in [-0.05, 0) is 5.92 Å². The van der Waals surface area contributed by atoms with Crippen LogP contribution >= 0.6 is 0 Å². The Kier molecular flexibility index (Phi) is 6.41. The molecular formula is C13H22N2O6. The average Bonchev–Trinajstić information content (AvgIpc) is 2.45. The van der Waals surface area contributed by atoms with E-state index in [4.69, 9.17) is 9.84 Å². The van der Waals surface area contributed by atoms with Crippen LogP contribution in [-0.4, -0.2) is 67.4 Å². The number of rotatable bonds is 5. The van der Waals surface area contributed by atoms with Gasteiger partial charge in [-0.2, -0.15) is 0 Å². The topological polar surface area (TPSA) is 105 Å². The second kappa shape index (κ2) is 7.82. The van der Waals surface area contributed by atoms with Crippen molar-refractivity contribution in [2.45, 2.75) is 20.0 Å². The summed E-state index contributed by atoms with van der Waals surface area (Å²) in [7, 11) is 1.25. The van der Waals surface area contributed by atoms with E-state index in [1.54, 1.807) is 13.8 Å². The van der Waals surface area contributed by atoms with Gasteiger partial charge >= 0.3 is 18.0 Å². The number of esters is 1. The van der Waals surface area contributed by atoms with Crippen molar-refractivity contribution in [3.8, 4) is 0 Å². The van der Waals surface area contributed by atoms with E-state index < -0.39 is 30.0 Å². The third kappa shape index (κ3) is 4.89. The summed E-state index contributed by atoms with van der Waals surface area (Å²) in [6.45, 7) is 4.29. The Hall–Kier alpha value is -1.83. The molecular weight excluding hydrogens is 280 g/mol. The molecule has 1 aliphatic rings. The minimum absolute atomic E-state index is 0.0477. The molecule has 1 saturated heterocycles. The van der Waals surface area contributed by atoms with E-state index in [1.807, 2.05) is 0 Å². The minimum Gasteiger partial charge on any atom is -0.481 e. The minimum atomic E-state index is -0.945. The number of nitrogens with one attached hydrogen (secondary N) is 1. The molecule has 1 aliphatic heterocycles. The van der Waals surface area contributed by atoms with Crippen molar-refractivity contribution in [2.24, 2.45) is 11.8 Å². The Morgan fingerprint density at radius 3 is 2.62 bits per heavy atom. The molecule has 2 atom stereocenters. The Balaban J connectivity index is 2.51. The van der Waals surface area contributed by atoms with Gasteiger partial charge in [0, 0.05) is 13.1 Å². The molecule has 0 bridgehead atoms. The summed E-state index contributed by atoms with van der Waals surface area (Å²) < 4.78 is 9.80. The van der Waals surface area contributed by atoms with Crippen LogP contribution in [-0.2, 0) is 19.1 Å². The monoisotopic (exact) mass is 302 g/mol. The molecule has 1 fully saturated rings. The van der Waals surface area contributed by atoms with Gasteiger partial charge in [0.15, 0.2) is 6.10 Å². The highest BCUT2D eigenvalue weighted by atomic mass is 16.6. The number of methoxy groups -OCH3 is 1. The summed E-state index contributed by atoms with van der Waals surface area (Å²) in [6, 6.07) is -0.404. The predicted molar refractivity (Wildman–Crippen MR) is 72.7 cm³/mol. The molecule has 8 heteroatoms. The number of morpholine rings is 1. The molecule has 120 valence electrons. The molecule has 0 saturated carbocycles. The van der Waals surface area contributed by atoms with Crippen LogP contribution in [0.4, 0.5) is 4.79 Å². The van der Waals surface area contributed by atoms with Crippen LogP contribution in [0.25, 0.3) is 0 Å². The summed E-state index contributed by atoms with van der Waals surface area (Å²) in [4.78, 5) is 35.9. The van der Waals surface area contributed by atoms with E-state index >= 15 is 0 Å². The number of carbonyl (C=O) groups is 3. The van der Waals surface area contributed by atoms with Gasteiger partial charge in [0.05, 0.1) is 26.2 Å². The lowest BCUT2D eigenvalue weighted by atomic mass is 9.96. The fourth-order valence-electron chi connectivity index (χ4n) is 2.03. The Bertz CT molecular complexity index is 398. The lowest BCUT2D eigenvalue weighted by Gasteiger charge is -2.32. The van der Waals surface area contributed by atoms with Crippen LogP contribution in [0.5, 0.6) is 0 Å². The highest BCUT2D eigenvalue weighted by Gasteiger charge is 2.30. The molecule has 0 aromatic carbocycles. The van der Waals surface area contributed by atoms with Gasteiger partial charge in [-0.25, -0.2) is 9.59 Å². The molecule has 0 aromatic rings. The van der Waals surface area contributed by atoms with Gasteiger partial charge < -0.3 is 24.8 Å². The summed E-state index contributed by atoms with van der Waals surface area (Å²) in [5, 5.41) is 11.7. The van der Waals surface area contributed by atoms with Crippen molar-refractivity contribution in [1.82, 2.24) is 10.2 Å². The Morgan fingerprint density at radius 2 is 2.10 bits per heavy atom. The van der Waals surface area contributed by atoms with Crippen molar-refractivity contribution in [1.29, 1.82) is 0 Å². The van der Waals surface area contributed by atoms with Gasteiger partial charge in [0.25, 0.3) is 0 Å². The lowest BCUT2D eigenvalue weighted by molar-refractivity contribution is -0.158. The van der Waals surface area contributed by atoms with E-state index in [2.05, 4.69) is 10.1 Å². The van der Waals surface area contributed by atoms with E-state index in [-0.39, 0.29) is 25.6 Å². The first-order valence-corrected chi connectivity index (χ1v) is 6.81. The van der Waals surface area contributed by atoms with Crippen LogP contribution in [0, 0.1) is 11.8 Å². The number of carboxylic acid groups (broad SMARTS) is 1. The molecule has 2 N–H and O–H groups in total. The number of urea groups is 1.